The molecule has 0 aromatic heterocycles. The van der Waals surface area contributed by atoms with Crippen LogP contribution in [0.2, 0.25) is 6.82 Å². The van der Waals surface area contributed by atoms with Gasteiger partial charge in [-0.1, -0.05) is 36.4 Å². The molecule has 0 saturated heterocycles. The predicted molar refractivity (Wildman–Crippen MR) is 64.4 cm³/mol. The first kappa shape index (κ1) is 10.5. The fourth-order valence-corrected chi connectivity index (χ4v) is 1.94. The molecule has 2 rings (SSSR count). The van der Waals surface area contributed by atoms with Crippen LogP contribution in [-0.4, -0.2) is 30.0 Å². The smallest absolute Gasteiger partial charge is 0.376 e. The van der Waals surface area contributed by atoms with E-state index in [4.69, 9.17) is 0 Å². The minimum absolute atomic E-state index is 0.335. The number of hydrogen-bond donors (Lipinski definition) is 1. The van der Waals surface area contributed by atoms with Gasteiger partial charge in [0, 0.05) is 6.54 Å². The molecule has 1 aliphatic rings. The lowest BCUT2D eigenvalue weighted by molar-refractivity contribution is 0.392. The monoisotopic (exact) mass is 201 g/mol. The van der Waals surface area contributed by atoms with E-state index in [0.717, 1.165) is 19.5 Å². The summed E-state index contributed by atoms with van der Waals surface area (Å²) >= 11 is 0. The Balaban J connectivity index is 2.09. The van der Waals surface area contributed by atoms with Crippen molar-refractivity contribution in [3.8, 4) is 0 Å². The lowest BCUT2D eigenvalue weighted by Gasteiger charge is -2.27. The van der Waals surface area contributed by atoms with Crippen molar-refractivity contribution in [2.45, 2.75) is 13.2 Å². The molecule has 0 fully saturated rings. The van der Waals surface area contributed by atoms with Gasteiger partial charge in [0.05, 0.1) is 0 Å². The van der Waals surface area contributed by atoms with E-state index in [9.17, 15) is 5.02 Å². The van der Waals surface area contributed by atoms with Crippen LogP contribution in [0.5, 0.6) is 0 Å². The Morgan fingerprint density at radius 3 is 2.53 bits per heavy atom. The van der Waals surface area contributed by atoms with Crippen LogP contribution in [-0.2, 0) is 0 Å². The van der Waals surface area contributed by atoms with Crippen LogP contribution in [0, 0.1) is 0 Å². The molecule has 0 atom stereocenters. The molecule has 2 nitrogen and oxygen atoms in total. The van der Waals surface area contributed by atoms with E-state index in [1.165, 1.54) is 11.1 Å². The lowest BCUT2D eigenvalue weighted by Crippen LogP contribution is -2.39. The summed E-state index contributed by atoms with van der Waals surface area (Å²) in [5.41, 5.74) is 2.70. The van der Waals surface area contributed by atoms with Crippen molar-refractivity contribution in [3.05, 3.63) is 42.0 Å². The first-order chi connectivity index (χ1) is 7.27. The van der Waals surface area contributed by atoms with Gasteiger partial charge in [0.2, 0.25) is 0 Å². The zero-order valence-electron chi connectivity index (χ0n) is 9.06. The van der Waals surface area contributed by atoms with Crippen LogP contribution in [0.1, 0.15) is 12.0 Å². The van der Waals surface area contributed by atoms with Crippen molar-refractivity contribution < 1.29 is 5.02 Å². The van der Waals surface area contributed by atoms with Gasteiger partial charge in [-0.15, -0.1) is 0 Å². The Labute approximate surface area is 91.4 Å². The van der Waals surface area contributed by atoms with Gasteiger partial charge in [0.1, 0.15) is 0 Å². The summed E-state index contributed by atoms with van der Waals surface area (Å²) in [6.07, 6.45) is 3.24. The topological polar surface area (TPSA) is 23.5 Å². The Hall–Kier alpha value is -1.06. The molecule has 78 valence electrons. The SMILES string of the molecule is CB(O)N1CC=C(c2ccccc2)CC1. The molecule has 1 aromatic carbocycles. The normalized spacial score (nSPS) is 17.3. The van der Waals surface area contributed by atoms with E-state index in [1.54, 1.807) is 0 Å². The summed E-state index contributed by atoms with van der Waals surface area (Å²) in [6, 6.07) is 10.5. The van der Waals surface area contributed by atoms with Crippen LogP contribution < -0.4 is 0 Å². The maximum absolute atomic E-state index is 9.43. The molecule has 1 aliphatic heterocycles. The van der Waals surface area contributed by atoms with Gasteiger partial charge in [-0.25, -0.2) is 0 Å². The average Bonchev–Trinajstić information content (AvgIpc) is 2.30. The van der Waals surface area contributed by atoms with E-state index in [2.05, 4.69) is 35.2 Å². The maximum Gasteiger partial charge on any atom is 0.376 e. The van der Waals surface area contributed by atoms with Crippen LogP contribution in [0.25, 0.3) is 5.57 Å². The minimum Gasteiger partial charge on any atom is -0.437 e. The van der Waals surface area contributed by atoms with Crippen molar-refractivity contribution >= 4 is 12.6 Å². The zero-order valence-corrected chi connectivity index (χ0v) is 9.06. The van der Waals surface area contributed by atoms with Crippen LogP contribution in [0.3, 0.4) is 0 Å². The highest BCUT2D eigenvalue weighted by molar-refractivity contribution is 6.45. The second kappa shape index (κ2) is 4.64. The van der Waals surface area contributed by atoms with Crippen molar-refractivity contribution in [2.24, 2.45) is 0 Å². The number of nitrogens with zero attached hydrogens (tertiary/aromatic N) is 1. The van der Waals surface area contributed by atoms with Gasteiger partial charge >= 0.3 is 7.05 Å². The van der Waals surface area contributed by atoms with Gasteiger partial charge < -0.3 is 9.83 Å². The second-order valence-electron chi connectivity index (χ2n) is 3.97. The molecule has 0 unspecified atom stereocenters. The molecule has 1 heterocycles. The Kier molecular flexibility index (Phi) is 3.24. The molecule has 0 saturated carbocycles. The fourth-order valence-electron chi connectivity index (χ4n) is 1.94. The predicted octanol–water partition coefficient (Wildman–Crippen LogP) is 1.89. The summed E-state index contributed by atoms with van der Waals surface area (Å²) in [5.74, 6) is 0. The van der Waals surface area contributed by atoms with Crippen molar-refractivity contribution in [1.82, 2.24) is 4.81 Å². The van der Waals surface area contributed by atoms with Crippen molar-refractivity contribution in [1.29, 1.82) is 0 Å². The minimum atomic E-state index is -0.335. The van der Waals surface area contributed by atoms with Crippen LogP contribution >= 0.6 is 0 Å². The van der Waals surface area contributed by atoms with Gasteiger partial charge in [0.15, 0.2) is 0 Å². The number of benzene rings is 1. The molecule has 0 amide bonds. The molecule has 0 spiro atoms. The molecule has 15 heavy (non-hydrogen) atoms. The van der Waals surface area contributed by atoms with E-state index < -0.39 is 0 Å². The molecular weight excluding hydrogens is 185 g/mol. The van der Waals surface area contributed by atoms with E-state index >= 15 is 0 Å². The summed E-state index contributed by atoms with van der Waals surface area (Å²) in [6.45, 7) is 3.61. The van der Waals surface area contributed by atoms with Gasteiger partial charge in [-0.2, -0.15) is 0 Å². The van der Waals surface area contributed by atoms with Gasteiger partial charge in [0.25, 0.3) is 0 Å². The molecule has 0 aliphatic carbocycles. The largest absolute Gasteiger partial charge is 0.437 e. The summed E-state index contributed by atoms with van der Waals surface area (Å²) in [5, 5.41) is 9.43. The van der Waals surface area contributed by atoms with Crippen LogP contribution in [0.4, 0.5) is 0 Å². The van der Waals surface area contributed by atoms with E-state index in [-0.39, 0.29) is 7.05 Å². The maximum atomic E-state index is 9.43. The third-order valence-corrected chi connectivity index (χ3v) is 2.91. The Morgan fingerprint density at radius 1 is 1.27 bits per heavy atom. The molecule has 1 aromatic rings. The number of hydrogen-bond acceptors (Lipinski definition) is 2. The van der Waals surface area contributed by atoms with Crippen molar-refractivity contribution in [2.75, 3.05) is 13.1 Å². The van der Waals surface area contributed by atoms with Crippen LogP contribution in [0.15, 0.2) is 36.4 Å². The Bertz CT molecular complexity index is 348. The molecular formula is C12H16BNO. The first-order valence-electron chi connectivity index (χ1n) is 5.44. The fraction of sp³-hybridized carbons (Fsp3) is 0.333. The third kappa shape index (κ3) is 2.49. The Morgan fingerprint density at radius 2 is 2.00 bits per heavy atom. The van der Waals surface area contributed by atoms with Gasteiger partial charge in [-0.05, 0) is 30.9 Å². The van der Waals surface area contributed by atoms with E-state index in [1.807, 2.05) is 12.9 Å². The highest BCUT2D eigenvalue weighted by Gasteiger charge is 2.18. The molecule has 0 radical (unpaired) electrons. The highest BCUT2D eigenvalue weighted by atomic mass is 16.2. The first-order valence-corrected chi connectivity index (χ1v) is 5.44. The molecule has 3 heteroatoms. The second-order valence-corrected chi connectivity index (χ2v) is 3.97. The summed E-state index contributed by atoms with van der Waals surface area (Å²) in [4.78, 5) is 2.06. The summed E-state index contributed by atoms with van der Waals surface area (Å²) < 4.78 is 0. The average molecular weight is 201 g/mol. The third-order valence-electron chi connectivity index (χ3n) is 2.91. The summed E-state index contributed by atoms with van der Waals surface area (Å²) in [7, 11) is -0.335. The van der Waals surface area contributed by atoms with E-state index in [0.29, 0.717) is 0 Å². The lowest BCUT2D eigenvalue weighted by atomic mass is 9.82. The van der Waals surface area contributed by atoms with Gasteiger partial charge in [-0.3, -0.25) is 0 Å². The zero-order chi connectivity index (χ0) is 10.7. The molecule has 0 bridgehead atoms. The quantitative estimate of drug-likeness (QED) is 0.738. The molecule has 1 N–H and O–H groups in total. The number of rotatable bonds is 2. The standard InChI is InChI=1S/C12H16BNO/c1-13(15)14-9-7-12(8-10-14)11-5-3-2-4-6-11/h2-7,15H,8-10H2,1H3. The van der Waals surface area contributed by atoms with Crippen molar-refractivity contribution in [3.63, 3.8) is 0 Å². The highest BCUT2D eigenvalue weighted by Crippen LogP contribution is 2.21.